The summed E-state index contributed by atoms with van der Waals surface area (Å²) in [5, 5.41) is 9.67. The average molecular weight is 533 g/mol. The molecule has 5 aromatic rings. The molecule has 0 aliphatic heterocycles. The molecule has 0 saturated carbocycles. The molecule has 0 unspecified atom stereocenters. The fraction of sp³-hybridized carbons (Fsp3) is 0. The van der Waals surface area contributed by atoms with Crippen molar-refractivity contribution in [3.05, 3.63) is 136 Å². The number of hydrogen-bond donors (Lipinski definition) is 0. The van der Waals surface area contributed by atoms with E-state index >= 15 is 0 Å². The van der Waals surface area contributed by atoms with Crippen molar-refractivity contribution >= 4 is 56.0 Å². The Bertz CT molecular complexity index is 1440. The molecule has 0 saturated heterocycles. The van der Waals surface area contributed by atoms with Gasteiger partial charge < -0.3 is 4.90 Å². The van der Waals surface area contributed by atoms with Crippen molar-refractivity contribution in [2.24, 2.45) is 0 Å². The molecule has 5 rings (SSSR count). The molecule has 0 bridgehead atoms. The zero-order valence-corrected chi connectivity index (χ0v) is 21.2. The molecule has 35 heavy (non-hydrogen) atoms. The summed E-state index contributed by atoms with van der Waals surface area (Å²) < 4.78 is 0.999. The fourth-order valence-electron chi connectivity index (χ4n) is 3.91. The summed E-state index contributed by atoms with van der Waals surface area (Å²) in [5.41, 5.74) is 6.06. The summed E-state index contributed by atoms with van der Waals surface area (Å²) in [7, 11) is 0. The Morgan fingerprint density at radius 1 is 0.686 bits per heavy atom. The Balaban J connectivity index is 1.43. The van der Waals surface area contributed by atoms with Crippen molar-refractivity contribution in [3.8, 4) is 16.5 Å². The molecular formula is C31H21BrN2S. The minimum atomic E-state index is 0.655. The lowest BCUT2D eigenvalue weighted by Gasteiger charge is -2.25. The van der Waals surface area contributed by atoms with Gasteiger partial charge in [-0.25, -0.2) is 0 Å². The summed E-state index contributed by atoms with van der Waals surface area (Å²) in [4.78, 5) is 4.48. The number of anilines is 3. The second kappa shape index (κ2) is 10.6. The quantitative estimate of drug-likeness (QED) is 0.203. The average Bonchev–Trinajstić information content (AvgIpc) is 3.38. The van der Waals surface area contributed by atoms with Crippen LogP contribution in [-0.2, 0) is 0 Å². The number of nitriles is 1. The van der Waals surface area contributed by atoms with Crippen molar-refractivity contribution in [3.63, 3.8) is 0 Å². The normalized spacial score (nSPS) is 11.1. The number of allylic oxidation sites excluding steroid dienone is 1. The summed E-state index contributed by atoms with van der Waals surface area (Å²) in [6, 6.07) is 43.8. The second-order valence-electron chi connectivity index (χ2n) is 7.93. The van der Waals surface area contributed by atoms with Gasteiger partial charge in [0.2, 0.25) is 0 Å². The van der Waals surface area contributed by atoms with E-state index in [0.717, 1.165) is 37.5 Å². The minimum absolute atomic E-state index is 0.655. The van der Waals surface area contributed by atoms with Crippen molar-refractivity contribution in [2.75, 3.05) is 4.90 Å². The van der Waals surface area contributed by atoms with Crippen LogP contribution in [-0.4, -0.2) is 0 Å². The number of para-hydroxylation sites is 2. The van der Waals surface area contributed by atoms with Crippen LogP contribution in [0.15, 0.2) is 126 Å². The predicted octanol–water partition coefficient (Wildman–Crippen LogP) is 9.71. The number of nitrogens with zero attached hydrogens (tertiary/aromatic N) is 2. The molecule has 0 amide bonds. The highest BCUT2D eigenvalue weighted by atomic mass is 79.9. The first-order valence-electron chi connectivity index (χ1n) is 11.2. The Morgan fingerprint density at radius 2 is 1.26 bits per heavy atom. The predicted molar refractivity (Wildman–Crippen MR) is 152 cm³/mol. The highest BCUT2D eigenvalue weighted by Crippen LogP contribution is 2.36. The van der Waals surface area contributed by atoms with Crippen LogP contribution in [0.4, 0.5) is 17.1 Å². The van der Waals surface area contributed by atoms with Crippen LogP contribution >= 0.6 is 27.3 Å². The van der Waals surface area contributed by atoms with Gasteiger partial charge in [-0.2, -0.15) is 5.26 Å². The van der Waals surface area contributed by atoms with Gasteiger partial charge in [-0.05, 0) is 77.9 Å². The molecule has 4 aromatic carbocycles. The van der Waals surface area contributed by atoms with Gasteiger partial charge in [-0.15, -0.1) is 11.3 Å². The van der Waals surface area contributed by atoms with Crippen molar-refractivity contribution in [1.29, 1.82) is 5.26 Å². The van der Waals surface area contributed by atoms with Gasteiger partial charge >= 0.3 is 0 Å². The molecule has 0 radical (unpaired) electrons. The monoisotopic (exact) mass is 532 g/mol. The van der Waals surface area contributed by atoms with Gasteiger partial charge in [0.05, 0.1) is 11.6 Å². The Labute approximate surface area is 218 Å². The maximum absolute atomic E-state index is 9.67. The van der Waals surface area contributed by atoms with E-state index in [4.69, 9.17) is 0 Å². The number of hydrogen-bond acceptors (Lipinski definition) is 3. The van der Waals surface area contributed by atoms with Crippen LogP contribution < -0.4 is 4.90 Å². The third kappa shape index (κ3) is 5.27. The zero-order valence-electron chi connectivity index (χ0n) is 18.8. The van der Waals surface area contributed by atoms with Gasteiger partial charge in [0.25, 0.3) is 0 Å². The van der Waals surface area contributed by atoms with Crippen LogP contribution in [0.5, 0.6) is 0 Å². The topological polar surface area (TPSA) is 27.0 Å². The maximum Gasteiger partial charge on any atom is 0.0998 e. The van der Waals surface area contributed by atoms with Crippen LogP contribution in [0.1, 0.15) is 10.4 Å². The van der Waals surface area contributed by atoms with E-state index in [1.165, 1.54) is 4.88 Å². The molecule has 0 N–H and O–H groups in total. The Hall–Kier alpha value is -3.91. The molecule has 0 fully saturated rings. The lowest BCUT2D eigenvalue weighted by Crippen LogP contribution is -2.09. The molecule has 4 heteroatoms. The first-order chi connectivity index (χ1) is 17.2. The first-order valence-corrected chi connectivity index (χ1v) is 12.8. The summed E-state index contributed by atoms with van der Waals surface area (Å²) in [6.45, 7) is 0. The third-order valence-electron chi connectivity index (χ3n) is 5.63. The zero-order chi connectivity index (χ0) is 24.0. The van der Waals surface area contributed by atoms with E-state index in [9.17, 15) is 5.26 Å². The highest BCUT2D eigenvalue weighted by Gasteiger charge is 2.12. The largest absolute Gasteiger partial charge is 0.311 e. The highest BCUT2D eigenvalue weighted by molar-refractivity contribution is 9.10. The smallest absolute Gasteiger partial charge is 0.0998 e. The first kappa shape index (κ1) is 22.9. The van der Waals surface area contributed by atoms with Gasteiger partial charge in [-0.1, -0.05) is 76.6 Å². The van der Waals surface area contributed by atoms with Gasteiger partial charge in [0, 0.05) is 31.3 Å². The maximum atomic E-state index is 9.67. The van der Waals surface area contributed by atoms with Crippen LogP contribution in [0.25, 0.3) is 22.1 Å². The van der Waals surface area contributed by atoms with Crippen molar-refractivity contribution in [1.82, 2.24) is 0 Å². The van der Waals surface area contributed by atoms with Gasteiger partial charge in [0.1, 0.15) is 0 Å². The number of rotatable bonds is 6. The molecule has 0 spiro atoms. The molecule has 1 aromatic heterocycles. The van der Waals surface area contributed by atoms with Gasteiger partial charge in [-0.3, -0.25) is 0 Å². The van der Waals surface area contributed by atoms with Crippen molar-refractivity contribution in [2.45, 2.75) is 0 Å². The Morgan fingerprint density at radius 3 is 1.83 bits per heavy atom. The molecule has 0 atom stereocenters. The number of benzene rings is 4. The van der Waals surface area contributed by atoms with E-state index < -0.39 is 0 Å². The molecular weight excluding hydrogens is 512 g/mol. The molecule has 0 aliphatic carbocycles. The fourth-order valence-corrected chi connectivity index (χ4v) is 5.13. The minimum Gasteiger partial charge on any atom is -0.311 e. The third-order valence-corrected chi connectivity index (χ3v) is 7.24. The summed E-state index contributed by atoms with van der Waals surface area (Å²) in [6.07, 6.45) is 1.96. The summed E-state index contributed by atoms with van der Waals surface area (Å²) in [5.74, 6) is 0. The van der Waals surface area contributed by atoms with Crippen LogP contribution in [0, 0.1) is 11.3 Å². The lowest BCUT2D eigenvalue weighted by atomic mass is 10.1. The SMILES string of the molecule is N#C/C(=C\c1ccc(-c2ccc(N(c3ccccc3)c3ccccc3)cc2)s1)c1ccc(Br)cc1. The van der Waals surface area contributed by atoms with Crippen LogP contribution in [0.3, 0.4) is 0 Å². The van der Waals surface area contributed by atoms with Crippen LogP contribution in [0.2, 0.25) is 0 Å². The standard InChI is InChI=1S/C31H21BrN2S/c32-26-15-11-23(12-16-26)25(22-33)21-30-19-20-31(35-30)24-13-17-29(18-14-24)34(27-7-3-1-4-8-27)28-9-5-2-6-10-28/h1-21H/b25-21+. The van der Waals surface area contributed by atoms with Gasteiger partial charge in [0.15, 0.2) is 0 Å². The Kier molecular flexibility index (Phi) is 6.90. The van der Waals surface area contributed by atoms with Crippen molar-refractivity contribution < 1.29 is 0 Å². The van der Waals surface area contributed by atoms with E-state index in [-0.39, 0.29) is 0 Å². The lowest BCUT2D eigenvalue weighted by molar-refractivity contribution is 1.28. The number of halogens is 1. The molecule has 2 nitrogen and oxygen atoms in total. The van der Waals surface area contributed by atoms with E-state index in [1.807, 2.05) is 42.5 Å². The van der Waals surface area contributed by atoms with E-state index in [1.54, 1.807) is 11.3 Å². The second-order valence-corrected chi connectivity index (χ2v) is 9.96. The molecule has 168 valence electrons. The van der Waals surface area contributed by atoms with E-state index in [2.05, 4.69) is 112 Å². The van der Waals surface area contributed by atoms with E-state index in [0.29, 0.717) is 5.57 Å². The number of thiophene rings is 1. The molecule has 1 heterocycles. The summed E-state index contributed by atoms with van der Waals surface area (Å²) >= 11 is 5.13. The molecule has 0 aliphatic rings.